The van der Waals surface area contributed by atoms with E-state index in [1.54, 1.807) is 30.3 Å². The summed E-state index contributed by atoms with van der Waals surface area (Å²) in [6.07, 6.45) is 0. The first-order chi connectivity index (χ1) is 15.8. The molecular formula is C26H22F2N2O3. The zero-order chi connectivity index (χ0) is 23.7. The molecule has 0 spiro atoms. The number of halogens is 2. The summed E-state index contributed by atoms with van der Waals surface area (Å²) >= 11 is 0. The second-order valence-corrected chi connectivity index (χ2v) is 7.70. The van der Waals surface area contributed by atoms with Crippen molar-refractivity contribution in [2.45, 2.75) is 20.8 Å². The third-order valence-electron chi connectivity index (χ3n) is 5.31. The normalized spacial score (nSPS) is 13.7. The lowest BCUT2D eigenvalue weighted by atomic mass is 9.97. The van der Waals surface area contributed by atoms with Gasteiger partial charge < -0.3 is 10.1 Å². The predicted octanol–water partition coefficient (Wildman–Crippen LogP) is 5.38. The Morgan fingerprint density at radius 1 is 0.909 bits per heavy atom. The number of nitrogens with one attached hydrogen (secondary N) is 1. The number of amides is 2. The van der Waals surface area contributed by atoms with Crippen LogP contribution in [0, 0.1) is 25.5 Å². The largest absolute Gasteiger partial charge is 0.494 e. The molecule has 1 aliphatic rings. The molecule has 0 saturated heterocycles. The van der Waals surface area contributed by atoms with E-state index in [0.717, 1.165) is 28.2 Å². The highest BCUT2D eigenvalue weighted by molar-refractivity contribution is 6.46. The van der Waals surface area contributed by atoms with Crippen LogP contribution < -0.4 is 15.0 Å². The van der Waals surface area contributed by atoms with Crippen molar-refractivity contribution in [2.24, 2.45) is 0 Å². The van der Waals surface area contributed by atoms with Crippen LogP contribution in [0.4, 0.5) is 20.2 Å². The fraction of sp³-hybridized carbons (Fsp3) is 0.154. The number of benzene rings is 3. The van der Waals surface area contributed by atoms with Crippen molar-refractivity contribution in [3.63, 3.8) is 0 Å². The summed E-state index contributed by atoms with van der Waals surface area (Å²) < 4.78 is 32.7. The van der Waals surface area contributed by atoms with E-state index in [1.165, 1.54) is 6.07 Å². The first-order valence-electron chi connectivity index (χ1n) is 10.5. The molecular weight excluding hydrogens is 426 g/mol. The van der Waals surface area contributed by atoms with Gasteiger partial charge in [0.25, 0.3) is 11.8 Å². The van der Waals surface area contributed by atoms with Gasteiger partial charge in [0, 0.05) is 17.8 Å². The molecule has 0 aromatic heterocycles. The van der Waals surface area contributed by atoms with Crippen molar-refractivity contribution >= 4 is 28.8 Å². The monoisotopic (exact) mass is 448 g/mol. The van der Waals surface area contributed by atoms with Crippen molar-refractivity contribution in [3.05, 3.63) is 94.7 Å². The van der Waals surface area contributed by atoms with Gasteiger partial charge in [-0.15, -0.1) is 0 Å². The van der Waals surface area contributed by atoms with E-state index in [4.69, 9.17) is 4.74 Å². The molecule has 4 rings (SSSR count). The Morgan fingerprint density at radius 2 is 1.70 bits per heavy atom. The quantitative estimate of drug-likeness (QED) is 0.515. The van der Waals surface area contributed by atoms with Gasteiger partial charge in [0.2, 0.25) is 0 Å². The number of ether oxygens (including phenoxy) is 1. The minimum Gasteiger partial charge on any atom is -0.494 e. The maximum absolute atomic E-state index is 13.8. The molecule has 1 heterocycles. The molecule has 0 fully saturated rings. The Hall–Kier alpha value is -4.00. The van der Waals surface area contributed by atoms with Crippen LogP contribution in [0.25, 0.3) is 5.57 Å². The molecule has 0 aliphatic carbocycles. The maximum atomic E-state index is 13.8. The summed E-state index contributed by atoms with van der Waals surface area (Å²) in [5.74, 6) is -2.68. The van der Waals surface area contributed by atoms with Gasteiger partial charge in [0.15, 0.2) is 11.6 Å². The first kappa shape index (κ1) is 22.2. The third kappa shape index (κ3) is 4.22. The van der Waals surface area contributed by atoms with Crippen LogP contribution in [-0.4, -0.2) is 18.4 Å². The Morgan fingerprint density at radius 3 is 2.39 bits per heavy atom. The summed E-state index contributed by atoms with van der Waals surface area (Å²) in [4.78, 5) is 28.1. The highest BCUT2D eigenvalue weighted by atomic mass is 19.2. The van der Waals surface area contributed by atoms with E-state index < -0.39 is 23.4 Å². The fourth-order valence-corrected chi connectivity index (χ4v) is 3.82. The van der Waals surface area contributed by atoms with Gasteiger partial charge in [-0.25, -0.2) is 13.7 Å². The number of rotatable bonds is 6. The van der Waals surface area contributed by atoms with Gasteiger partial charge in [-0.3, -0.25) is 9.59 Å². The standard InChI is InChI=1S/C26H22F2N2O3/c1-4-33-19-7-5-6-18(14-19)30-25(31)23(20-10-8-15(2)12-16(20)3)24(26(30)32)29-17-9-11-21(27)22(28)13-17/h5-14,29H,4H2,1-3H3. The van der Waals surface area contributed by atoms with E-state index >= 15 is 0 Å². The van der Waals surface area contributed by atoms with Crippen molar-refractivity contribution < 1.29 is 23.1 Å². The molecule has 3 aromatic rings. The molecule has 33 heavy (non-hydrogen) atoms. The predicted molar refractivity (Wildman–Crippen MR) is 123 cm³/mol. The van der Waals surface area contributed by atoms with E-state index in [2.05, 4.69) is 5.32 Å². The van der Waals surface area contributed by atoms with Crippen LogP contribution in [0.1, 0.15) is 23.6 Å². The third-order valence-corrected chi connectivity index (χ3v) is 5.31. The average molecular weight is 448 g/mol. The van der Waals surface area contributed by atoms with Gasteiger partial charge >= 0.3 is 0 Å². The van der Waals surface area contributed by atoms with E-state index in [-0.39, 0.29) is 17.0 Å². The van der Waals surface area contributed by atoms with Crippen molar-refractivity contribution in [3.8, 4) is 5.75 Å². The van der Waals surface area contributed by atoms with Gasteiger partial charge in [-0.2, -0.15) is 0 Å². The molecule has 0 unspecified atom stereocenters. The lowest BCUT2D eigenvalue weighted by Crippen LogP contribution is -2.32. The highest BCUT2D eigenvalue weighted by Crippen LogP contribution is 2.36. The lowest BCUT2D eigenvalue weighted by molar-refractivity contribution is -0.120. The summed E-state index contributed by atoms with van der Waals surface area (Å²) in [6.45, 7) is 6.04. The van der Waals surface area contributed by atoms with Gasteiger partial charge in [0.05, 0.1) is 17.9 Å². The van der Waals surface area contributed by atoms with Crippen LogP contribution in [0.3, 0.4) is 0 Å². The number of hydrogen-bond donors (Lipinski definition) is 1. The molecule has 0 saturated carbocycles. The van der Waals surface area contributed by atoms with Gasteiger partial charge in [0.1, 0.15) is 11.4 Å². The fourth-order valence-electron chi connectivity index (χ4n) is 3.82. The molecule has 0 radical (unpaired) electrons. The Bertz CT molecular complexity index is 1300. The van der Waals surface area contributed by atoms with Crippen LogP contribution >= 0.6 is 0 Å². The van der Waals surface area contributed by atoms with Gasteiger partial charge in [-0.05, 0) is 56.2 Å². The number of anilines is 2. The molecule has 7 heteroatoms. The highest BCUT2D eigenvalue weighted by Gasteiger charge is 2.41. The number of hydrogen-bond acceptors (Lipinski definition) is 4. The lowest BCUT2D eigenvalue weighted by Gasteiger charge is -2.16. The zero-order valence-corrected chi connectivity index (χ0v) is 18.4. The van der Waals surface area contributed by atoms with Crippen LogP contribution in [0.15, 0.2) is 66.4 Å². The molecule has 2 amide bonds. The van der Waals surface area contributed by atoms with Crippen LogP contribution in [-0.2, 0) is 9.59 Å². The van der Waals surface area contributed by atoms with E-state index in [0.29, 0.717) is 23.6 Å². The second kappa shape index (κ2) is 8.86. The number of carbonyl (C=O) groups is 2. The van der Waals surface area contributed by atoms with Crippen molar-refractivity contribution in [1.29, 1.82) is 0 Å². The number of imide groups is 1. The summed E-state index contributed by atoms with van der Waals surface area (Å²) in [5, 5.41) is 2.85. The number of aryl methyl sites for hydroxylation is 2. The number of carbonyl (C=O) groups excluding carboxylic acids is 2. The van der Waals surface area contributed by atoms with Crippen LogP contribution in [0.2, 0.25) is 0 Å². The first-order valence-corrected chi connectivity index (χ1v) is 10.5. The minimum atomic E-state index is -1.06. The van der Waals surface area contributed by atoms with Crippen molar-refractivity contribution in [1.82, 2.24) is 0 Å². The smallest absolute Gasteiger partial charge is 0.282 e. The molecule has 1 N–H and O–H groups in total. The molecule has 1 aliphatic heterocycles. The molecule has 168 valence electrons. The Balaban J connectivity index is 1.84. The second-order valence-electron chi connectivity index (χ2n) is 7.70. The molecule has 3 aromatic carbocycles. The summed E-state index contributed by atoms with van der Waals surface area (Å²) in [5.41, 5.74) is 3.03. The number of nitrogens with zero attached hydrogens (tertiary/aromatic N) is 1. The topological polar surface area (TPSA) is 58.6 Å². The van der Waals surface area contributed by atoms with E-state index in [1.807, 2.05) is 32.9 Å². The molecule has 0 atom stereocenters. The summed E-state index contributed by atoms with van der Waals surface area (Å²) in [6, 6.07) is 15.4. The maximum Gasteiger partial charge on any atom is 0.282 e. The zero-order valence-electron chi connectivity index (χ0n) is 18.4. The van der Waals surface area contributed by atoms with E-state index in [9.17, 15) is 18.4 Å². The SMILES string of the molecule is CCOc1cccc(N2C(=O)C(Nc3ccc(F)c(F)c3)=C(c3ccc(C)cc3C)C2=O)c1. The summed E-state index contributed by atoms with van der Waals surface area (Å²) in [7, 11) is 0. The van der Waals surface area contributed by atoms with Crippen molar-refractivity contribution in [2.75, 3.05) is 16.8 Å². The molecule has 0 bridgehead atoms. The van der Waals surface area contributed by atoms with Gasteiger partial charge in [-0.1, -0.05) is 29.8 Å². The molecule has 5 nitrogen and oxygen atoms in total. The average Bonchev–Trinajstić information content (AvgIpc) is 3.01. The minimum absolute atomic E-state index is 0.0141. The Kier molecular flexibility index (Phi) is 5.96. The van der Waals surface area contributed by atoms with Crippen LogP contribution in [0.5, 0.6) is 5.75 Å². The Labute approximate surface area is 190 Å².